The number of carbonyl (C=O) groups excluding carboxylic acids is 2. The quantitative estimate of drug-likeness (QED) is 0.804. The zero-order valence-electron chi connectivity index (χ0n) is 16.4. The Labute approximate surface area is 164 Å². The lowest BCUT2D eigenvalue weighted by molar-refractivity contribution is -0.148. The van der Waals surface area contributed by atoms with Crippen LogP contribution in [-0.2, 0) is 16.0 Å². The summed E-state index contributed by atoms with van der Waals surface area (Å²) in [5, 5.41) is 3.89. The van der Waals surface area contributed by atoms with Crippen LogP contribution < -0.4 is 4.90 Å². The summed E-state index contributed by atoms with van der Waals surface area (Å²) in [6.45, 7) is 7.85. The summed E-state index contributed by atoms with van der Waals surface area (Å²) in [6, 6.07) is 10.3. The predicted octanol–water partition coefficient (Wildman–Crippen LogP) is 1.64. The molecule has 2 aromatic rings. The van der Waals surface area contributed by atoms with E-state index in [0.29, 0.717) is 18.8 Å². The Balaban J connectivity index is 1.25. The molecule has 3 heterocycles. The van der Waals surface area contributed by atoms with E-state index in [2.05, 4.69) is 22.2 Å². The number of para-hydroxylation sites is 1. The fourth-order valence-corrected chi connectivity index (χ4v) is 3.94. The van der Waals surface area contributed by atoms with E-state index < -0.39 is 0 Å². The maximum absolute atomic E-state index is 12.8. The Kier molecular flexibility index (Phi) is 5.07. The number of aromatic nitrogens is 1. The lowest BCUT2D eigenvalue weighted by atomic mass is 9.96. The molecule has 4 rings (SSSR count). The molecule has 2 saturated heterocycles. The maximum Gasteiger partial charge on any atom is 0.229 e. The summed E-state index contributed by atoms with van der Waals surface area (Å²) in [5.41, 5.74) is 2.82. The lowest BCUT2D eigenvalue weighted by Crippen LogP contribution is -2.59. The first-order valence-electron chi connectivity index (χ1n) is 9.81. The molecule has 0 aliphatic carbocycles. The minimum Gasteiger partial charge on any atom is -0.368 e. The van der Waals surface area contributed by atoms with E-state index >= 15 is 0 Å². The average molecular weight is 382 g/mol. The topological polar surface area (TPSA) is 69.9 Å². The summed E-state index contributed by atoms with van der Waals surface area (Å²) in [6.07, 6.45) is 0.290. The van der Waals surface area contributed by atoms with Crippen LogP contribution in [0.15, 0.2) is 34.9 Å². The van der Waals surface area contributed by atoms with E-state index in [-0.39, 0.29) is 24.2 Å². The van der Waals surface area contributed by atoms with Crippen molar-refractivity contribution >= 4 is 17.5 Å². The Morgan fingerprint density at radius 1 is 1.04 bits per heavy atom. The SMILES string of the molecule is Cc1noc(C)c1CC(=O)N1CC(C(=O)N2CCN(c3ccccc3)CC2)C1. The molecule has 28 heavy (non-hydrogen) atoms. The van der Waals surface area contributed by atoms with Crippen molar-refractivity contribution in [3.63, 3.8) is 0 Å². The van der Waals surface area contributed by atoms with Gasteiger partial charge in [-0.25, -0.2) is 0 Å². The van der Waals surface area contributed by atoms with Crippen LogP contribution in [0.5, 0.6) is 0 Å². The van der Waals surface area contributed by atoms with E-state index in [1.54, 1.807) is 4.90 Å². The molecule has 0 atom stereocenters. The number of amides is 2. The molecule has 2 amide bonds. The van der Waals surface area contributed by atoms with Gasteiger partial charge >= 0.3 is 0 Å². The highest BCUT2D eigenvalue weighted by Gasteiger charge is 2.38. The number of likely N-dealkylation sites (tertiary alicyclic amines) is 1. The largest absolute Gasteiger partial charge is 0.368 e. The Bertz CT molecular complexity index is 830. The molecule has 2 aliphatic heterocycles. The van der Waals surface area contributed by atoms with Crippen molar-refractivity contribution < 1.29 is 14.1 Å². The monoisotopic (exact) mass is 382 g/mol. The van der Waals surface area contributed by atoms with Gasteiger partial charge in [-0.15, -0.1) is 0 Å². The van der Waals surface area contributed by atoms with Gasteiger partial charge in [0.1, 0.15) is 5.76 Å². The third kappa shape index (κ3) is 3.61. The van der Waals surface area contributed by atoms with Crippen LogP contribution in [0, 0.1) is 19.8 Å². The third-order valence-corrected chi connectivity index (χ3v) is 5.81. The van der Waals surface area contributed by atoms with Crippen LogP contribution in [0.3, 0.4) is 0 Å². The van der Waals surface area contributed by atoms with Crippen LogP contribution in [0.2, 0.25) is 0 Å². The average Bonchev–Trinajstić information content (AvgIpc) is 2.99. The summed E-state index contributed by atoms with van der Waals surface area (Å²) in [4.78, 5) is 31.2. The molecule has 148 valence electrons. The molecular weight excluding hydrogens is 356 g/mol. The number of nitrogens with zero attached hydrogens (tertiary/aromatic N) is 4. The van der Waals surface area contributed by atoms with Gasteiger partial charge in [-0.1, -0.05) is 23.4 Å². The lowest BCUT2D eigenvalue weighted by Gasteiger charge is -2.43. The van der Waals surface area contributed by atoms with Gasteiger partial charge in [-0.05, 0) is 26.0 Å². The number of rotatable bonds is 4. The molecule has 7 nitrogen and oxygen atoms in total. The Hall–Kier alpha value is -2.83. The second-order valence-electron chi connectivity index (χ2n) is 7.62. The van der Waals surface area contributed by atoms with Gasteiger partial charge in [0.25, 0.3) is 0 Å². The van der Waals surface area contributed by atoms with Gasteiger partial charge < -0.3 is 19.2 Å². The fraction of sp³-hybridized carbons (Fsp3) is 0.476. The molecule has 0 bridgehead atoms. The third-order valence-electron chi connectivity index (χ3n) is 5.81. The van der Waals surface area contributed by atoms with Crippen LogP contribution in [0.4, 0.5) is 5.69 Å². The molecule has 1 aromatic heterocycles. The number of anilines is 1. The molecule has 0 N–H and O–H groups in total. The van der Waals surface area contributed by atoms with Crippen molar-refractivity contribution in [3.8, 4) is 0 Å². The Morgan fingerprint density at radius 3 is 2.32 bits per heavy atom. The fourth-order valence-electron chi connectivity index (χ4n) is 3.94. The van der Waals surface area contributed by atoms with Crippen LogP contribution in [-0.4, -0.2) is 66.0 Å². The number of hydrogen-bond acceptors (Lipinski definition) is 5. The second kappa shape index (κ2) is 7.66. The smallest absolute Gasteiger partial charge is 0.229 e. The number of aryl methyl sites for hydroxylation is 2. The molecule has 0 spiro atoms. The summed E-state index contributed by atoms with van der Waals surface area (Å²) < 4.78 is 5.12. The maximum atomic E-state index is 12.8. The molecule has 7 heteroatoms. The first-order chi connectivity index (χ1) is 13.5. The van der Waals surface area contributed by atoms with Crippen LogP contribution in [0.1, 0.15) is 17.0 Å². The van der Waals surface area contributed by atoms with Gasteiger partial charge in [0.15, 0.2) is 0 Å². The highest BCUT2D eigenvalue weighted by atomic mass is 16.5. The molecule has 2 aliphatic rings. The van der Waals surface area contributed by atoms with Gasteiger partial charge in [-0.2, -0.15) is 0 Å². The van der Waals surface area contributed by atoms with Crippen molar-refractivity contribution in [2.45, 2.75) is 20.3 Å². The van der Waals surface area contributed by atoms with E-state index in [1.165, 1.54) is 5.69 Å². The summed E-state index contributed by atoms with van der Waals surface area (Å²) in [5.74, 6) is 0.827. The summed E-state index contributed by atoms with van der Waals surface area (Å²) in [7, 11) is 0. The Morgan fingerprint density at radius 2 is 1.71 bits per heavy atom. The van der Waals surface area contributed by atoms with E-state index in [9.17, 15) is 9.59 Å². The molecule has 2 fully saturated rings. The molecular formula is C21H26N4O3. The van der Waals surface area contributed by atoms with Crippen molar-refractivity contribution in [1.29, 1.82) is 0 Å². The minimum atomic E-state index is -0.0723. The van der Waals surface area contributed by atoms with E-state index in [1.807, 2.05) is 36.9 Å². The van der Waals surface area contributed by atoms with Gasteiger partial charge in [0.05, 0.1) is 18.0 Å². The zero-order valence-corrected chi connectivity index (χ0v) is 16.4. The van der Waals surface area contributed by atoms with E-state index in [0.717, 1.165) is 37.4 Å². The van der Waals surface area contributed by atoms with Crippen LogP contribution >= 0.6 is 0 Å². The first-order valence-corrected chi connectivity index (χ1v) is 9.81. The molecule has 0 radical (unpaired) electrons. The highest BCUT2D eigenvalue weighted by Crippen LogP contribution is 2.23. The molecule has 0 saturated carbocycles. The number of hydrogen-bond donors (Lipinski definition) is 0. The van der Waals surface area contributed by atoms with Gasteiger partial charge in [-0.3, -0.25) is 9.59 Å². The van der Waals surface area contributed by atoms with Crippen molar-refractivity contribution in [1.82, 2.24) is 15.0 Å². The standard InChI is InChI=1S/C21H26N4O3/c1-15-19(16(2)28-22-15)12-20(26)25-13-17(14-25)21(27)24-10-8-23(9-11-24)18-6-4-3-5-7-18/h3-7,17H,8-14H2,1-2H3. The number of benzene rings is 1. The van der Waals surface area contributed by atoms with Crippen LogP contribution in [0.25, 0.3) is 0 Å². The predicted molar refractivity (Wildman–Crippen MR) is 105 cm³/mol. The van der Waals surface area contributed by atoms with Gasteiger partial charge in [0, 0.05) is 50.5 Å². The first kappa shape index (κ1) is 18.5. The van der Waals surface area contributed by atoms with Crippen molar-refractivity contribution in [2.75, 3.05) is 44.2 Å². The molecule has 1 aromatic carbocycles. The van der Waals surface area contributed by atoms with E-state index in [4.69, 9.17) is 4.52 Å². The minimum absolute atomic E-state index is 0.0346. The van der Waals surface area contributed by atoms with Crippen molar-refractivity contribution in [2.24, 2.45) is 5.92 Å². The highest BCUT2D eigenvalue weighted by molar-refractivity contribution is 5.85. The summed E-state index contributed by atoms with van der Waals surface area (Å²) >= 11 is 0. The zero-order chi connectivity index (χ0) is 19.7. The van der Waals surface area contributed by atoms with Gasteiger partial charge in [0.2, 0.25) is 11.8 Å². The number of piperazine rings is 1. The molecule has 0 unspecified atom stereocenters. The second-order valence-corrected chi connectivity index (χ2v) is 7.62. The normalized spacial score (nSPS) is 17.6. The number of carbonyl (C=O) groups is 2. The van der Waals surface area contributed by atoms with Crippen molar-refractivity contribution in [3.05, 3.63) is 47.3 Å².